The molecule has 0 aliphatic heterocycles. The second kappa shape index (κ2) is 6.72. The number of ether oxygens (including phenoxy) is 1. The van der Waals surface area contributed by atoms with Crippen LogP contribution in [0.5, 0.6) is 0 Å². The molecular weight excluding hydrogens is 245 g/mol. The second-order valence-corrected chi connectivity index (χ2v) is 4.12. The summed E-state index contributed by atoms with van der Waals surface area (Å²) in [7, 11) is 0. The summed E-state index contributed by atoms with van der Waals surface area (Å²) in [6, 6.07) is 7.31. The van der Waals surface area contributed by atoms with Gasteiger partial charge in [-0.1, -0.05) is 24.3 Å². The molecule has 0 amide bonds. The fraction of sp³-hybridized carbons (Fsp3) is 0.500. The Labute approximate surface area is 104 Å². The van der Waals surface area contributed by atoms with Crippen LogP contribution in [-0.4, -0.2) is 25.4 Å². The lowest BCUT2D eigenvalue weighted by atomic mass is 10.0. The highest BCUT2D eigenvalue weighted by Crippen LogP contribution is 2.15. The SMILES string of the molecule is Cc1ccccc1CC(COCC(F)(F)F)NN. The molecule has 0 spiro atoms. The van der Waals surface area contributed by atoms with E-state index in [-0.39, 0.29) is 12.6 Å². The summed E-state index contributed by atoms with van der Waals surface area (Å²) < 4.78 is 40.4. The average Bonchev–Trinajstić information content (AvgIpc) is 2.29. The van der Waals surface area contributed by atoms with Crippen molar-refractivity contribution >= 4 is 0 Å². The van der Waals surface area contributed by atoms with Crippen molar-refractivity contribution in [3.8, 4) is 0 Å². The molecular formula is C12H17F3N2O. The average molecular weight is 262 g/mol. The van der Waals surface area contributed by atoms with Gasteiger partial charge in [-0.05, 0) is 24.5 Å². The largest absolute Gasteiger partial charge is 0.411 e. The summed E-state index contributed by atoms with van der Waals surface area (Å²) in [6.45, 7) is 0.614. The summed E-state index contributed by atoms with van der Waals surface area (Å²) >= 11 is 0. The summed E-state index contributed by atoms with van der Waals surface area (Å²) in [5, 5.41) is 0. The van der Waals surface area contributed by atoms with Crippen LogP contribution in [0.2, 0.25) is 0 Å². The monoisotopic (exact) mass is 262 g/mol. The zero-order valence-corrected chi connectivity index (χ0v) is 10.1. The van der Waals surface area contributed by atoms with Crippen LogP contribution in [0, 0.1) is 6.92 Å². The standard InChI is InChI=1S/C12H17F3N2O/c1-9-4-2-3-5-10(9)6-11(17-16)7-18-8-12(13,14)15/h2-5,11,17H,6-8,16H2,1H3. The van der Waals surface area contributed by atoms with E-state index in [9.17, 15) is 13.2 Å². The van der Waals surface area contributed by atoms with E-state index < -0.39 is 12.8 Å². The van der Waals surface area contributed by atoms with E-state index in [4.69, 9.17) is 5.84 Å². The number of aryl methyl sites for hydroxylation is 1. The van der Waals surface area contributed by atoms with E-state index in [0.29, 0.717) is 6.42 Å². The summed E-state index contributed by atoms with van der Waals surface area (Å²) in [4.78, 5) is 0. The molecule has 0 heterocycles. The molecule has 102 valence electrons. The van der Waals surface area contributed by atoms with Gasteiger partial charge in [0, 0.05) is 6.04 Å². The molecule has 0 aromatic heterocycles. The first kappa shape index (κ1) is 14.9. The van der Waals surface area contributed by atoms with Crippen LogP contribution in [0.25, 0.3) is 0 Å². The first-order valence-corrected chi connectivity index (χ1v) is 5.57. The number of hydrogen-bond acceptors (Lipinski definition) is 3. The van der Waals surface area contributed by atoms with E-state index in [1.54, 1.807) is 0 Å². The molecule has 0 aliphatic rings. The lowest BCUT2D eigenvalue weighted by Gasteiger charge is -2.18. The Morgan fingerprint density at radius 2 is 2.00 bits per heavy atom. The molecule has 18 heavy (non-hydrogen) atoms. The molecule has 1 atom stereocenters. The van der Waals surface area contributed by atoms with Gasteiger partial charge >= 0.3 is 6.18 Å². The first-order valence-electron chi connectivity index (χ1n) is 5.57. The number of alkyl halides is 3. The summed E-state index contributed by atoms with van der Waals surface area (Å²) in [6.07, 6.45) is -3.77. The van der Waals surface area contributed by atoms with Gasteiger partial charge < -0.3 is 4.74 Å². The third kappa shape index (κ3) is 5.48. The Kier molecular flexibility index (Phi) is 5.58. The van der Waals surface area contributed by atoms with Crippen LogP contribution >= 0.6 is 0 Å². The van der Waals surface area contributed by atoms with Crippen molar-refractivity contribution < 1.29 is 17.9 Å². The number of nitrogens with two attached hydrogens (primary N) is 1. The lowest BCUT2D eigenvalue weighted by Crippen LogP contribution is -2.41. The summed E-state index contributed by atoms with van der Waals surface area (Å²) in [5.74, 6) is 5.31. The van der Waals surface area contributed by atoms with Crippen LogP contribution < -0.4 is 11.3 Å². The van der Waals surface area contributed by atoms with Crippen LogP contribution in [0.15, 0.2) is 24.3 Å². The molecule has 1 unspecified atom stereocenters. The number of rotatable bonds is 6. The molecule has 0 fully saturated rings. The minimum Gasteiger partial charge on any atom is -0.370 e. The normalized spacial score (nSPS) is 13.6. The van der Waals surface area contributed by atoms with Gasteiger partial charge in [-0.2, -0.15) is 13.2 Å². The van der Waals surface area contributed by atoms with Gasteiger partial charge in [0.15, 0.2) is 0 Å². The Balaban J connectivity index is 2.45. The predicted molar refractivity (Wildman–Crippen MR) is 62.9 cm³/mol. The Hall–Kier alpha value is -1.11. The lowest BCUT2D eigenvalue weighted by molar-refractivity contribution is -0.175. The molecule has 0 bridgehead atoms. The van der Waals surface area contributed by atoms with Gasteiger partial charge in [0.25, 0.3) is 0 Å². The molecule has 0 aliphatic carbocycles. The zero-order chi connectivity index (χ0) is 13.6. The van der Waals surface area contributed by atoms with Gasteiger partial charge in [0.2, 0.25) is 0 Å². The fourth-order valence-electron chi connectivity index (χ4n) is 1.59. The molecule has 1 aromatic rings. The first-order chi connectivity index (χ1) is 8.42. The van der Waals surface area contributed by atoms with Crippen LogP contribution in [0.4, 0.5) is 13.2 Å². The molecule has 3 nitrogen and oxygen atoms in total. The number of hydrazine groups is 1. The van der Waals surface area contributed by atoms with E-state index in [2.05, 4.69) is 10.2 Å². The third-order valence-corrected chi connectivity index (χ3v) is 2.55. The van der Waals surface area contributed by atoms with Crippen molar-refractivity contribution in [3.63, 3.8) is 0 Å². The van der Waals surface area contributed by atoms with Crippen molar-refractivity contribution in [1.82, 2.24) is 5.43 Å². The third-order valence-electron chi connectivity index (χ3n) is 2.55. The van der Waals surface area contributed by atoms with Crippen LogP contribution in [-0.2, 0) is 11.2 Å². The number of nitrogens with one attached hydrogen (secondary N) is 1. The second-order valence-electron chi connectivity index (χ2n) is 4.12. The van der Waals surface area contributed by atoms with Crippen molar-refractivity contribution in [2.24, 2.45) is 5.84 Å². The molecule has 1 rings (SSSR count). The smallest absolute Gasteiger partial charge is 0.370 e. The van der Waals surface area contributed by atoms with E-state index in [1.807, 2.05) is 31.2 Å². The molecule has 3 N–H and O–H groups in total. The molecule has 6 heteroatoms. The predicted octanol–water partition coefficient (Wildman–Crippen LogP) is 1.95. The van der Waals surface area contributed by atoms with Gasteiger partial charge in [0.1, 0.15) is 6.61 Å². The van der Waals surface area contributed by atoms with Gasteiger partial charge in [0.05, 0.1) is 6.61 Å². The number of hydrogen-bond donors (Lipinski definition) is 2. The Morgan fingerprint density at radius 3 is 2.56 bits per heavy atom. The molecule has 0 radical (unpaired) electrons. The van der Waals surface area contributed by atoms with Crippen molar-refractivity contribution in [2.75, 3.05) is 13.2 Å². The van der Waals surface area contributed by atoms with E-state index >= 15 is 0 Å². The topological polar surface area (TPSA) is 47.3 Å². The number of halogens is 3. The molecule has 0 saturated carbocycles. The Bertz CT molecular complexity index is 369. The summed E-state index contributed by atoms with van der Waals surface area (Å²) in [5.41, 5.74) is 4.59. The molecule has 0 saturated heterocycles. The highest BCUT2D eigenvalue weighted by Gasteiger charge is 2.27. The minimum absolute atomic E-state index is 0.0790. The van der Waals surface area contributed by atoms with Crippen LogP contribution in [0.3, 0.4) is 0 Å². The fourth-order valence-corrected chi connectivity index (χ4v) is 1.59. The zero-order valence-electron chi connectivity index (χ0n) is 10.1. The maximum absolute atomic E-state index is 11.9. The highest BCUT2D eigenvalue weighted by atomic mass is 19.4. The van der Waals surface area contributed by atoms with Crippen molar-refractivity contribution in [3.05, 3.63) is 35.4 Å². The van der Waals surface area contributed by atoms with E-state index in [1.165, 1.54) is 0 Å². The number of benzene rings is 1. The maximum Gasteiger partial charge on any atom is 0.411 e. The van der Waals surface area contributed by atoms with E-state index in [0.717, 1.165) is 11.1 Å². The minimum atomic E-state index is -4.30. The van der Waals surface area contributed by atoms with Gasteiger partial charge in [-0.15, -0.1) is 0 Å². The Morgan fingerprint density at radius 1 is 1.33 bits per heavy atom. The van der Waals surface area contributed by atoms with Crippen LogP contribution in [0.1, 0.15) is 11.1 Å². The maximum atomic E-state index is 11.9. The van der Waals surface area contributed by atoms with Gasteiger partial charge in [-0.25, -0.2) is 0 Å². The molecule has 1 aromatic carbocycles. The van der Waals surface area contributed by atoms with Crippen molar-refractivity contribution in [2.45, 2.75) is 25.6 Å². The quantitative estimate of drug-likeness (QED) is 0.608. The van der Waals surface area contributed by atoms with Gasteiger partial charge in [-0.3, -0.25) is 11.3 Å². The van der Waals surface area contributed by atoms with Crippen molar-refractivity contribution in [1.29, 1.82) is 0 Å². The highest BCUT2D eigenvalue weighted by molar-refractivity contribution is 5.26.